The summed E-state index contributed by atoms with van der Waals surface area (Å²) in [5.41, 5.74) is 1.25. The Morgan fingerprint density at radius 3 is 2.50 bits per heavy atom. The van der Waals surface area contributed by atoms with Gasteiger partial charge in [-0.2, -0.15) is 0 Å². The van der Waals surface area contributed by atoms with Gasteiger partial charge in [-0.3, -0.25) is 0 Å². The number of carbonyl (C=O) groups excluding carboxylic acids is 1. The summed E-state index contributed by atoms with van der Waals surface area (Å²) >= 11 is 0. The summed E-state index contributed by atoms with van der Waals surface area (Å²) in [6.45, 7) is 4.21. The Bertz CT molecular complexity index is 395. The molecule has 1 aromatic carbocycles. The number of hydrogen-bond donors (Lipinski definition) is 2. The maximum Gasteiger partial charge on any atom is 0.317 e. The molecule has 0 atom stereocenters. The van der Waals surface area contributed by atoms with Gasteiger partial charge in [-0.1, -0.05) is 12.1 Å². The molecule has 0 aliphatic carbocycles. The van der Waals surface area contributed by atoms with Crippen molar-refractivity contribution >= 4 is 6.03 Å². The van der Waals surface area contributed by atoms with E-state index >= 15 is 0 Å². The molecule has 1 aromatic rings. The van der Waals surface area contributed by atoms with E-state index < -0.39 is 0 Å². The normalized spacial score (nSPS) is 16.6. The number of phenolic OH excluding ortho intramolecular Hbond substituents is 1. The molecule has 2 N–H and O–H groups in total. The molecule has 0 spiro atoms. The lowest BCUT2D eigenvalue weighted by molar-refractivity contribution is 0.182. The molecule has 4 nitrogen and oxygen atoms in total. The SMILES string of the molecule is CCNC(=O)N1CCC(c2ccc(O)cc2)CC1. The zero-order chi connectivity index (χ0) is 13.0. The van der Waals surface area contributed by atoms with Gasteiger partial charge in [0.1, 0.15) is 5.75 Å². The van der Waals surface area contributed by atoms with Crippen LogP contribution in [0.4, 0.5) is 4.79 Å². The number of nitrogens with one attached hydrogen (secondary N) is 1. The van der Waals surface area contributed by atoms with Gasteiger partial charge in [0, 0.05) is 19.6 Å². The van der Waals surface area contributed by atoms with Crippen molar-refractivity contribution < 1.29 is 9.90 Å². The Hall–Kier alpha value is -1.71. The van der Waals surface area contributed by atoms with Gasteiger partial charge in [0.15, 0.2) is 0 Å². The van der Waals surface area contributed by atoms with Crippen molar-refractivity contribution in [3.8, 4) is 5.75 Å². The summed E-state index contributed by atoms with van der Waals surface area (Å²) in [6.07, 6.45) is 1.98. The lowest BCUT2D eigenvalue weighted by Gasteiger charge is -2.32. The van der Waals surface area contributed by atoms with Gasteiger partial charge in [-0.05, 0) is 43.4 Å². The zero-order valence-electron chi connectivity index (χ0n) is 10.7. The van der Waals surface area contributed by atoms with Crippen molar-refractivity contribution in [3.63, 3.8) is 0 Å². The summed E-state index contributed by atoms with van der Waals surface area (Å²) in [4.78, 5) is 13.5. The number of aromatic hydroxyl groups is 1. The van der Waals surface area contributed by atoms with E-state index in [9.17, 15) is 9.90 Å². The Balaban J connectivity index is 1.90. The number of likely N-dealkylation sites (tertiary alicyclic amines) is 1. The van der Waals surface area contributed by atoms with Crippen LogP contribution >= 0.6 is 0 Å². The Morgan fingerprint density at radius 2 is 1.94 bits per heavy atom. The number of phenols is 1. The van der Waals surface area contributed by atoms with Crippen LogP contribution in [0.25, 0.3) is 0 Å². The Kier molecular flexibility index (Phi) is 4.07. The molecule has 1 aliphatic rings. The molecule has 98 valence electrons. The summed E-state index contributed by atoms with van der Waals surface area (Å²) < 4.78 is 0. The maximum absolute atomic E-state index is 11.7. The third-order valence-electron chi connectivity index (χ3n) is 3.47. The number of amides is 2. The maximum atomic E-state index is 11.7. The average molecular weight is 248 g/mol. The summed E-state index contributed by atoms with van der Waals surface area (Å²) in [5.74, 6) is 0.801. The molecule has 1 aliphatic heterocycles. The highest BCUT2D eigenvalue weighted by atomic mass is 16.3. The van der Waals surface area contributed by atoms with E-state index in [1.165, 1.54) is 5.56 Å². The van der Waals surface area contributed by atoms with Crippen LogP contribution in [0.1, 0.15) is 31.2 Å². The highest BCUT2D eigenvalue weighted by Crippen LogP contribution is 2.28. The molecule has 2 rings (SSSR count). The van der Waals surface area contributed by atoms with E-state index in [0.29, 0.717) is 18.2 Å². The molecule has 0 aromatic heterocycles. The largest absolute Gasteiger partial charge is 0.508 e. The van der Waals surface area contributed by atoms with Crippen LogP contribution in [0.15, 0.2) is 24.3 Å². The van der Waals surface area contributed by atoms with Gasteiger partial charge in [0.05, 0.1) is 0 Å². The van der Waals surface area contributed by atoms with E-state index in [0.717, 1.165) is 25.9 Å². The van der Waals surface area contributed by atoms with Crippen molar-refractivity contribution in [2.75, 3.05) is 19.6 Å². The van der Waals surface area contributed by atoms with Crippen LogP contribution < -0.4 is 5.32 Å². The fourth-order valence-electron chi connectivity index (χ4n) is 2.43. The van der Waals surface area contributed by atoms with Crippen molar-refractivity contribution in [1.82, 2.24) is 10.2 Å². The van der Waals surface area contributed by atoms with Gasteiger partial charge in [0.2, 0.25) is 0 Å². The number of urea groups is 1. The number of piperidine rings is 1. The quantitative estimate of drug-likeness (QED) is 0.843. The third-order valence-corrected chi connectivity index (χ3v) is 3.47. The number of hydrogen-bond acceptors (Lipinski definition) is 2. The fraction of sp³-hybridized carbons (Fsp3) is 0.500. The first-order valence-corrected chi connectivity index (χ1v) is 6.52. The first-order valence-electron chi connectivity index (χ1n) is 6.52. The molecule has 18 heavy (non-hydrogen) atoms. The van der Waals surface area contributed by atoms with Crippen LogP contribution in [0, 0.1) is 0 Å². The molecule has 0 saturated carbocycles. The van der Waals surface area contributed by atoms with E-state index in [1.807, 2.05) is 24.0 Å². The second kappa shape index (κ2) is 5.76. The molecule has 4 heteroatoms. The predicted octanol–water partition coefficient (Wildman–Crippen LogP) is 2.30. The van der Waals surface area contributed by atoms with Crippen molar-refractivity contribution in [2.45, 2.75) is 25.7 Å². The van der Waals surface area contributed by atoms with Gasteiger partial charge >= 0.3 is 6.03 Å². The summed E-state index contributed by atoms with van der Waals surface area (Å²) in [5, 5.41) is 12.1. The molecule has 1 heterocycles. The van der Waals surface area contributed by atoms with E-state index in [4.69, 9.17) is 0 Å². The first-order chi connectivity index (χ1) is 8.70. The van der Waals surface area contributed by atoms with Crippen LogP contribution in [-0.4, -0.2) is 35.7 Å². The van der Waals surface area contributed by atoms with Crippen molar-refractivity contribution in [3.05, 3.63) is 29.8 Å². The molecule has 0 bridgehead atoms. The minimum atomic E-state index is 0.0432. The lowest BCUT2D eigenvalue weighted by Crippen LogP contribution is -2.44. The highest BCUT2D eigenvalue weighted by Gasteiger charge is 2.23. The van der Waals surface area contributed by atoms with Crippen molar-refractivity contribution in [1.29, 1.82) is 0 Å². The van der Waals surface area contributed by atoms with E-state index in [-0.39, 0.29) is 6.03 Å². The molecular formula is C14H20N2O2. The van der Waals surface area contributed by atoms with Crippen molar-refractivity contribution in [2.24, 2.45) is 0 Å². The van der Waals surface area contributed by atoms with E-state index in [1.54, 1.807) is 12.1 Å². The lowest BCUT2D eigenvalue weighted by atomic mass is 9.89. The minimum Gasteiger partial charge on any atom is -0.508 e. The van der Waals surface area contributed by atoms with Gasteiger partial charge in [0.25, 0.3) is 0 Å². The summed E-state index contributed by atoms with van der Waals surface area (Å²) in [6, 6.07) is 7.45. The number of benzene rings is 1. The van der Waals surface area contributed by atoms with Crippen LogP contribution in [-0.2, 0) is 0 Å². The standard InChI is InChI=1S/C14H20N2O2/c1-2-15-14(18)16-9-7-12(8-10-16)11-3-5-13(17)6-4-11/h3-6,12,17H,2,7-10H2,1H3,(H,15,18). The monoisotopic (exact) mass is 248 g/mol. The molecule has 0 unspecified atom stereocenters. The second-order valence-electron chi connectivity index (χ2n) is 4.69. The molecule has 2 amide bonds. The van der Waals surface area contributed by atoms with Gasteiger partial charge < -0.3 is 15.3 Å². The molecule has 1 saturated heterocycles. The van der Waals surface area contributed by atoms with Crippen LogP contribution in [0.5, 0.6) is 5.75 Å². The number of nitrogens with zero attached hydrogens (tertiary/aromatic N) is 1. The highest BCUT2D eigenvalue weighted by molar-refractivity contribution is 5.74. The van der Waals surface area contributed by atoms with Gasteiger partial charge in [-0.15, -0.1) is 0 Å². The van der Waals surface area contributed by atoms with Gasteiger partial charge in [-0.25, -0.2) is 4.79 Å². The van der Waals surface area contributed by atoms with Crippen LogP contribution in [0.3, 0.4) is 0 Å². The molecule has 0 radical (unpaired) electrons. The number of rotatable bonds is 2. The molecule has 1 fully saturated rings. The smallest absolute Gasteiger partial charge is 0.317 e. The fourth-order valence-corrected chi connectivity index (χ4v) is 2.43. The Morgan fingerprint density at radius 1 is 1.33 bits per heavy atom. The van der Waals surface area contributed by atoms with Crippen LogP contribution in [0.2, 0.25) is 0 Å². The molecular weight excluding hydrogens is 228 g/mol. The summed E-state index contributed by atoms with van der Waals surface area (Å²) in [7, 11) is 0. The predicted molar refractivity (Wildman–Crippen MR) is 70.7 cm³/mol. The second-order valence-corrected chi connectivity index (χ2v) is 4.69. The minimum absolute atomic E-state index is 0.0432. The number of carbonyl (C=O) groups is 1. The zero-order valence-corrected chi connectivity index (χ0v) is 10.7. The van der Waals surface area contributed by atoms with E-state index in [2.05, 4.69) is 5.32 Å². The first kappa shape index (κ1) is 12.7. The average Bonchev–Trinajstić information content (AvgIpc) is 2.40. The Labute approximate surface area is 108 Å². The third kappa shape index (κ3) is 2.94. The topological polar surface area (TPSA) is 52.6 Å².